The standard InChI is InChI=1S/C25H34N2O4S/c1-17-11-12-23(31-5)22(15-17)26-24(28)16-27(21-9-7-6-8-10-21)32(29,30)25-19(3)13-18(2)14-20(25)4/h11-15,21H,6-10,16H2,1-5H3,(H,26,28). The van der Waals surface area contributed by atoms with E-state index >= 15 is 0 Å². The Labute approximate surface area is 192 Å². The predicted molar refractivity (Wildman–Crippen MR) is 128 cm³/mol. The lowest BCUT2D eigenvalue weighted by molar-refractivity contribution is -0.116. The molecule has 1 aliphatic rings. The number of aryl methyl sites for hydroxylation is 4. The van der Waals surface area contributed by atoms with Gasteiger partial charge in [-0.3, -0.25) is 4.79 Å². The number of nitrogens with one attached hydrogen (secondary N) is 1. The highest BCUT2D eigenvalue weighted by Gasteiger charge is 2.35. The normalized spacial score (nSPS) is 15.1. The van der Waals surface area contributed by atoms with Gasteiger partial charge in [0.1, 0.15) is 5.75 Å². The molecule has 32 heavy (non-hydrogen) atoms. The molecule has 1 amide bonds. The van der Waals surface area contributed by atoms with Gasteiger partial charge in [-0.1, -0.05) is 43.0 Å². The monoisotopic (exact) mass is 458 g/mol. The van der Waals surface area contributed by atoms with E-state index in [0.717, 1.165) is 43.2 Å². The summed E-state index contributed by atoms with van der Waals surface area (Å²) in [4.78, 5) is 13.4. The fraction of sp³-hybridized carbons (Fsp3) is 0.480. The molecule has 0 aromatic heterocycles. The van der Waals surface area contributed by atoms with Gasteiger partial charge in [0.25, 0.3) is 0 Å². The van der Waals surface area contributed by atoms with Gasteiger partial charge in [-0.25, -0.2) is 8.42 Å². The largest absolute Gasteiger partial charge is 0.495 e. The van der Waals surface area contributed by atoms with Crippen LogP contribution >= 0.6 is 0 Å². The molecule has 7 heteroatoms. The summed E-state index contributed by atoms with van der Waals surface area (Å²) in [7, 11) is -2.31. The molecule has 6 nitrogen and oxygen atoms in total. The zero-order valence-corrected chi connectivity index (χ0v) is 20.5. The number of hydrogen-bond donors (Lipinski definition) is 1. The number of hydrogen-bond acceptors (Lipinski definition) is 4. The molecule has 174 valence electrons. The van der Waals surface area contributed by atoms with Crippen molar-refractivity contribution in [2.24, 2.45) is 0 Å². The number of anilines is 1. The number of carbonyl (C=O) groups excluding carboxylic acids is 1. The highest BCUT2D eigenvalue weighted by Crippen LogP contribution is 2.32. The molecule has 3 rings (SSSR count). The van der Waals surface area contributed by atoms with Crippen molar-refractivity contribution < 1.29 is 17.9 Å². The Morgan fingerprint density at radius 3 is 2.22 bits per heavy atom. The first-order valence-corrected chi connectivity index (χ1v) is 12.6. The summed E-state index contributed by atoms with van der Waals surface area (Å²) in [5, 5.41) is 2.86. The molecule has 1 aliphatic carbocycles. The van der Waals surface area contributed by atoms with Gasteiger partial charge in [0, 0.05) is 6.04 Å². The average Bonchev–Trinajstić information content (AvgIpc) is 2.71. The molecule has 0 spiro atoms. The summed E-state index contributed by atoms with van der Waals surface area (Å²) >= 11 is 0. The van der Waals surface area contributed by atoms with E-state index < -0.39 is 10.0 Å². The van der Waals surface area contributed by atoms with Crippen molar-refractivity contribution in [2.75, 3.05) is 19.0 Å². The minimum atomic E-state index is -3.85. The van der Waals surface area contributed by atoms with Crippen LogP contribution in [0, 0.1) is 27.7 Å². The van der Waals surface area contributed by atoms with Crippen molar-refractivity contribution in [1.82, 2.24) is 4.31 Å². The van der Waals surface area contributed by atoms with Gasteiger partial charge in [-0.2, -0.15) is 4.31 Å². The van der Waals surface area contributed by atoms with Crippen LogP contribution in [0.25, 0.3) is 0 Å². The van der Waals surface area contributed by atoms with Gasteiger partial charge >= 0.3 is 0 Å². The number of ether oxygens (including phenoxy) is 1. The Bertz CT molecular complexity index is 1070. The SMILES string of the molecule is COc1ccc(C)cc1NC(=O)CN(C1CCCCC1)S(=O)(=O)c1c(C)cc(C)cc1C. The molecule has 0 aliphatic heterocycles. The number of amides is 1. The second-order valence-corrected chi connectivity index (χ2v) is 10.6. The fourth-order valence-corrected chi connectivity index (χ4v) is 6.78. The van der Waals surface area contributed by atoms with Gasteiger partial charge in [0.05, 0.1) is 24.2 Å². The highest BCUT2D eigenvalue weighted by atomic mass is 32.2. The fourth-order valence-electron chi connectivity index (χ4n) is 4.72. The topological polar surface area (TPSA) is 75.7 Å². The molecular weight excluding hydrogens is 424 g/mol. The summed E-state index contributed by atoms with van der Waals surface area (Å²) in [5.41, 5.74) is 3.96. The third kappa shape index (κ3) is 5.33. The molecular formula is C25H34N2O4S. The van der Waals surface area contributed by atoms with Crippen LogP contribution in [0.5, 0.6) is 5.75 Å². The van der Waals surface area contributed by atoms with E-state index in [1.54, 1.807) is 13.2 Å². The Hall–Kier alpha value is -2.38. The smallest absolute Gasteiger partial charge is 0.244 e. The predicted octanol–water partition coefficient (Wildman–Crippen LogP) is 4.89. The summed E-state index contributed by atoms with van der Waals surface area (Å²) in [6, 6.07) is 9.10. The zero-order valence-electron chi connectivity index (χ0n) is 19.7. The molecule has 0 heterocycles. The lowest BCUT2D eigenvalue weighted by Crippen LogP contribution is -2.46. The van der Waals surface area contributed by atoms with Crippen molar-refractivity contribution in [3.05, 3.63) is 52.6 Å². The molecule has 0 unspecified atom stereocenters. The van der Waals surface area contributed by atoms with Crippen molar-refractivity contribution in [3.63, 3.8) is 0 Å². The van der Waals surface area contributed by atoms with Gasteiger partial charge < -0.3 is 10.1 Å². The van der Waals surface area contributed by atoms with Crippen LogP contribution in [0.1, 0.15) is 54.4 Å². The van der Waals surface area contributed by atoms with Crippen LogP contribution in [0.4, 0.5) is 5.69 Å². The molecule has 2 aromatic carbocycles. The molecule has 1 fully saturated rings. The quantitative estimate of drug-likeness (QED) is 0.641. The molecule has 2 aromatic rings. The van der Waals surface area contributed by atoms with Crippen LogP contribution < -0.4 is 10.1 Å². The molecule has 0 saturated heterocycles. The number of nitrogens with zero attached hydrogens (tertiary/aromatic N) is 1. The maximum absolute atomic E-state index is 13.9. The molecule has 0 radical (unpaired) electrons. The third-order valence-electron chi connectivity index (χ3n) is 6.08. The number of rotatable bonds is 7. The Balaban J connectivity index is 1.95. The Kier molecular flexibility index (Phi) is 7.62. The first-order valence-electron chi connectivity index (χ1n) is 11.2. The van der Waals surface area contributed by atoms with Gasteiger partial charge in [0.15, 0.2) is 0 Å². The van der Waals surface area contributed by atoms with E-state index in [4.69, 9.17) is 4.74 Å². The lowest BCUT2D eigenvalue weighted by Gasteiger charge is -2.33. The van der Waals surface area contributed by atoms with Gasteiger partial charge in [-0.05, 0) is 69.4 Å². The Morgan fingerprint density at radius 2 is 1.62 bits per heavy atom. The van der Waals surface area contributed by atoms with Gasteiger partial charge in [0.2, 0.25) is 15.9 Å². The van der Waals surface area contributed by atoms with Crippen molar-refractivity contribution in [1.29, 1.82) is 0 Å². The lowest BCUT2D eigenvalue weighted by atomic mass is 9.95. The van der Waals surface area contributed by atoms with E-state index in [9.17, 15) is 13.2 Å². The van der Waals surface area contributed by atoms with E-state index in [1.165, 1.54) is 4.31 Å². The molecule has 0 bridgehead atoms. The first-order chi connectivity index (χ1) is 15.1. The zero-order chi connectivity index (χ0) is 23.5. The molecule has 1 N–H and O–H groups in total. The summed E-state index contributed by atoms with van der Waals surface area (Å²) in [6.45, 7) is 7.30. The van der Waals surface area contributed by atoms with Crippen LogP contribution in [0.2, 0.25) is 0 Å². The number of benzene rings is 2. The summed E-state index contributed by atoms with van der Waals surface area (Å²) in [5.74, 6) is 0.173. The minimum absolute atomic E-state index is 0.181. The van der Waals surface area contributed by atoms with Crippen molar-refractivity contribution >= 4 is 21.6 Å². The maximum Gasteiger partial charge on any atom is 0.244 e. The molecule has 0 atom stereocenters. The van der Waals surface area contributed by atoms with Crippen LogP contribution in [0.15, 0.2) is 35.2 Å². The van der Waals surface area contributed by atoms with Crippen LogP contribution in [-0.4, -0.2) is 38.3 Å². The van der Waals surface area contributed by atoms with Gasteiger partial charge in [-0.15, -0.1) is 0 Å². The highest BCUT2D eigenvalue weighted by molar-refractivity contribution is 7.89. The number of sulfonamides is 1. The summed E-state index contributed by atoms with van der Waals surface area (Å²) < 4.78 is 34.5. The first kappa shape index (κ1) is 24.3. The van der Waals surface area contributed by atoms with Crippen LogP contribution in [-0.2, 0) is 14.8 Å². The Morgan fingerprint density at radius 1 is 1.00 bits per heavy atom. The van der Waals surface area contributed by atoms with Crippen molar-refractivity contribution in [2.45, 2.75) is 70.7 Å². The van der Waals surface area contributed by atoms with Crippen molar-refractivity contribution in [3.8, 4) is 5.75 Å². The molecule has 1 saturated carbocycles. The minimum Gasteiger partial charge on any atom is -0.495 e. The van der Waals surface area contributed by atoms with E-state index in [2.05, 4.69) is 5.32 Å². The second kappa shape index (κ2) is 10.0. The van der Waals surface area contributed by atoms with E-state index in [0.29, 0.717) is 27.5 Å². The maximum atomic E-state index is 13.9. The number of carbonyl (C=O) groups is 1. The van der Waals surface area contributed by atoms with E-state index in [1.807, 2.05) is 52.0 Å². The number of methoxy groups -OCH3 is 1. The van der Waals surface area contributed by atoms with Crippen LogP contribution in [0.3, 0.4) is 0 Å². The second-order valence-electron chi connectivity index (χ2n) is 8.82. The van der Waals surface area contributed by atoms with E-state index in [-0.39, 0.29) is 18.5 Å². The summed E-state index contributed by atoms with van der Waals surface area (Å²) in [6.07, 6.45) is 4.57. The average molecular weight is 459 g/mol. The third-order valence-corrected chi connectivity index (χ3v) is 8.29.